The molecule has 0 aliphatic carbocycles. The monoisotopic (exact) mass is 403 g/mol. The van der Waals surface area contributed by atoms with E-state index in [1.165, 1.54) is 0 Å². The molecule has 0 unspecified atom stereocenters. The summed E-state index contributed by atoms with van der Waals surface area (Å²) in [5.41, 5.74) is 0.627. The number of anilines is 1. The number of ether oxygens (including phenoxy) is 2. The Labute approximate surface area is 173 Å². The van der Waals surface area contributed by atoms with Gasteiger partial charge in [0.1, 0.15) is 11.5 Å². The van der Waals surface area contributed by atoms with Crippen molar-refractivity contribution in [3.8, 4) is 11.5 Å². The summed E-state index contributed by atoms with van der Waals surface area (Å²) in [7, 11) is 0. The molecule has 3 rings (SSSR count). The zero-order valence-corrected chi connectivity index (χ0v) is 17.6. The maximum Gasteiger partial charge on any atom is 0.238 e. The van der Waals surface area contributed by atoms with Crippen LogP contribution in [0.25, 0.3) is 0 Å². The van der Waals surface area contributed by atoms with E-state index < -0.39 is 0 Å². The van der Waals surface area contributed by atoms with Gasteiger partial charge in [0.2, 0.25) is 11.8 Å². The van der Waals surface area contributed by atoms with Gasteiger partial charge in [0.05, 0.1) is 25.4 Å². The second-order valence-electron chi connectivity index (χ2n) is 7.65. The van der Waals surface area contributed by atoms with Crippen molar-refractivity contribution >= 4 is 17.5 Å². The molecular weight excluding hydrogens is 370 g/mol. The van der Waals surface area contributed by atoms with Gasteiger partial charge in [-0.2, -0.15) is 0 Å². The third-order valence-electron chi connectivity index (χ3n) is 5.56. The van der Waals surface area contributed by atoms with Crippen LogP contribution in [-0.4, -0.2) is 67.6 Å². The molecular formula is C22H33N3O4. The molecule has 7 heteroatoms. The van der Waals surface area contributed by atoms with E-state index in [4.69, 9.17) is 9.47 Å². The van der Waals surface area contributed by atoms with Gasteiger partial charge >= 0.3 is 0 Å². The van der Waals surface area contributed by atoms with Crippen LogP contribution >= 0.6 is 0 Å². The van der Waals surface area contributed by atoms with Crippen molar-refractivity contribution in [3.05, 3.63) is 18.2 Å². The van der Waals surface area contributed by atoms with E-state index >= 15 is 0 Å². The van der Waals surface area contributed by atoms with Crippen LogP contribution in [-0.2, 0) is 9.59 Å². The van der Waals surface area contributed by atoms with Crippen molar-refractivity contribution in [1.82, 2.24) is 9.80 Å². The Bertz CT molecular complexity index is 695. The number of carbonyl (C=O) groups is 2. The minimum atomic E-state index is -0.0797. The van der Waals surface area contributed by atoms with Crippen molar-refractivity contribution in [2.45, 2.75) is 39.5 Å². The molecule has 0 radical (unpaired) electrons. The van der Waals surface area contributed by atoms with Crippen molar-refractivity contribution in [3.63, 3.8) is 0 Å². The number of nitrogens with one attached hydrogen (secondary N) is 1. The maximum atomic E-state index is 12.6. The summed E-state index contributed by atoms with van der Waals surface area (Å²) in [4.78, 5) is 29.3. The summed E-state index contributed by atoms with van der Waals surface area (Å²) in [6, 6.07) is 5.46. The van der Waals surface area contributed by atoms with E-state index in [1.807, 2.05) is 30.9 Å². The molecule has 2 aliphatic rings. The van der Waals surface area contributed by atoms with Gasteiger partial charge in [-0.3, -0.25) is 14.5 Å². The van der Waals surface area contributed by atoms with E-state index in [2.05, 4.69) is 10.2 Å². The summed E-state index contributed by atoms with van der Waals surface area (Å²) in [5.74, 6) is 1.68. The van der Waals surface area contributed by atoms with Crippen LogP contribution in [0.5, 0.6) is 11.5 Å². The zero-order valence-electron chi connectivity index (χ0n) is 17.6. The molecule has 2 amide bonds. The second-order valence-corrected chi connectivity index (χ2v) is 7.65. The minimum Gasteiger partial charge on any atom is -0.494 e. The van der Waals surface area contributed by atoms with Gasteiger partial charge < -0.3 is 19.7 Å². The van der Waals surface area contributed by atoms with Crippen LogP contribution in [0.1, 0.15) is 39.5 Å². The Morgan fingerprint density at radius 1 is 1.03 bits per heavy atom. The smallest absolute Gasteiger partial charge is 0.238 e. The lowest BCUT2D eigenvalue weighted by Crippen LogP contribution is -2.43. The number of likely N-dealkylation sites (tertiary alicyclic amines) is 2. The van der Waals surface area contributed by atoms with Gasteiger partial charge in [0.15, 0.2) is 0 Å². The summed E-state index contributed by atoms with van der Waals surface area (Å²) >= 11 is 0. The maximum absolute atomic E-state index is 12.6. The molecule has 7 nitrogen and oxygen atoms in total. The highest BCUT2D eigenvalue weighted by molar-refractivity contribution is 5.94. The Morgan fingerprint density at radius 2 is 1.72 bits per heavy atom. The van der Waals surface area contributed by atoms with Gasteiger partial charge in [-0.1, -0.05) is 0 Å². The normalized spacial score (nSPS) is 17.9. The fourth-order valence-corrected chi connectivity index (χ4v) is 4.07. The molecule has 2 aliphatic heterocycles. The first-order chi connectivity index (χ1) is 14.1. The van der Waals surface area contributed by atoms with Crippen molar-refractivity contribution in [1.29, 1.82) is 0 Å². The van der Waals surface area contributed by atoms with E-state index in [-0.39, 0.29) is 11.8 Å². The molecule has 2 heterocycles. The van der Waals surface area contributed by atoms with E-state index in [0.29, 0.717) is 42.9 Å². The molecule has 0 bridgehead atoms. The van der Waals surface area contributed by atoms with Crippen LogP contribution in [0.15, 0.2) is 18.2 Å². The average molecular weight is 404 g/mol. The van der Waals surface area contributed by atoms with Crippen LogP contribution < -0.4 is 14.8 Å². The Kier molecular flexibility index (Phi) is 7.75. The molecule has 0 spiro atoms. The third-order valence-corrected chi connectivity index (χ3v) is 5.56. The number of carbonyl (C=O) groups excluding carboxylic acids is 2. The van der Waals surface area contributed by atoms with Crippen molar-refractivity contribution in [2.75, 3.05) is 51.3 Å². The number of nitrogens with zero attached hydrogens (tertiary/aromatic N) is 2. The highest BCUT2D eigenvalue weighted by Crippen LogP contribution is 2.29. The van der Waals surface area contributed by atoms with Gasteiger partial charge in [0.25, 0.3) is 0 Å². The largest absolute Gasteiger partial charge is 0.494 e. The van der Waals surface area contributed by atoms with Crippen LogP contribution in [0.3, 0.4) is 0 Å². The molecule has 0 aromatic heterocycles. The van der Waals surface area contributed by atoms with Crippen molar-refractivity contribution in [2.24, 2.45) is 5.92 Å². The summed E-state index contributed by atoms with van der Waals surface area (Å²) < 4.78 is 11.2. The highest BCUT2D eigenvalue weighted by Gasteiger charge is 2.30. The summed E-state index contributed by atoms with van der Waals surface area (Å²) in [6.45, 7) is 8.60. The topological polar surface area (TPSA) is 71.1 Å². The minimum absolute atomic E-state index is 0.0797. The predicted octanol–water partition coefficient (Wildman–Crippen LogP) is 2.76. The van der Waals surface area contributed by atoms with Gasteiger partial charge in [0, 0.05) is 25.1 Å². The van der Waals surface area contributed by atoms with Gasteiger partial charge in [-0.25, -0.2) is 0 Å². The van der Waals surface area contributed by atoms with Gasteiger partial charge in [-0.15, -0.1) is 0 Å². The van der Waals surface area contributed by atoms with Crippen LogP contribution in [0.4, 0.5) is 5.69 Å². The number of rotatable bonds is 8. The molecule has 1 aromatic rings. The Morgan fingerprint density at radius 3 is 2.38 bits per heavy atom. The van der Waals surface area contributed by atoms with E-state index in [1.54, 1.807) is 6.07 Å². The standard InChI is InChI=1S/C22H33N3O4/c1-3-28-18-7-8-20(29-4-2)19(15-18)23-21(26)16-24-13-9-17(10-14-24)22(27)25-11-5-6-12-25/h7-8,15,17H,3-6,9-14,16H2,1-2H3,(H,23,26). The molecule has 29 heavy (non-hydrogen) atoms. The number of piperidine rings is 1. The first-order valence-corrected chi connectivity index (χ1v) is 10.8. The lowest BCUT2D eigenvalue weighted by atomic mass is 9.95. The zero-order chi connectivity index (χ0) is 20.6. The molecule has 0 atom stereocenters. The van der Waals surface area contributed by atoms with Crippen molar-refractivity contribution < 1.29 is 19.1 Å². The average Bonchev–Trinajstić information content (AvgIpc) is 3.25. The molecule has 0 saturated carbocycles. The Hall–Kier alpha value is -2.28. The third kappa shape index (κ3) is 5.85. The molecule has 2 fully saturated rings. The Balaban J connectivity index is 1.51. The molecule has 160 valence electrons. The summed E-state index contributed by atoms with van der Waals surface area (Å²) in [5, 5.41) is 2.96. The number of hydrogen-bond donors (Lipinski definition) is 1. The first-order valence-electron chi connectivity index (χ1n) is 10.8. The molecule has 1 aromatic carbocycles. The van der Waals surface area contributed by atoms with E-state index in [0.717, 1.165) is 51.9 Å². The lowest BCUT2D eigenvalue weighted by molar-refractivity contribution is -0.136. The fourth-order valence-electron chi connectivity index (χ4n) is 4.07. The molecule has 1 N–H and O–H groups in total. The number of benzene rings is 1. The quantitative estimate of drug-likeness (QED) is 0.723. The summed E-state index contributed by atoms with van der Waals surface area (Å²) in [6.07, 6.45) is 3.90. The van der Waals surface area contributed by atoms with Gasteiger partial charge in [-0.05, 0) is 64.8 Å². The van der Waals surface area contributed by atoms with Crippen LogP contribution in [0.2, 0.25) is 0 Å². The second kappa shape index (κ2) is 10.5. The van der Waals surface area contributed by atoms with E-state index in [9.17, 15) is 9.59 Å². The SMILES string of the molecule is CCOc1ccc(OCC)c(NC(=O)CN2CCC(C(=O)N3CCCC3)CC2)c1. The first kappa shape index (κ1) is 21.4. The highest BCUT2D eigenvalue weighted by atomic mass is 16.5. The van der Waals surface area contributed by atoms with Crippen LogP contribution in [0, 0.1) is 5.92 Å². The predicted molar refractivity (Wildman–Crippen MR) is 112 cm³/mol. The lowest BCUT2D eigenvalue weighted by Gasteiger charge is -2.32. The number of amides is 2. The fraction of sp³-hybridized carbons (Fsp3) is 0.636. The number of hydrogen-bond acceptors (Lipinski definition) is 5. The molecule has 2 saturated heterocycles.